The molecule has 0 fully saturated rings. The molecule has 0 saturated heterocycles. The van der Waals surface area contributed by atoms with Crippen molar-refractivity contribution in [3.05, 3.63) is 40.8 Å². The van der Waals surface area contributed by atoms with Gasteiger partial charge in [0.15, 0.2) is 0 Å². The molecule has 0 aliphatic rings. The number of aromatic amines is 1. The van der Waals surface area contributed by atoms with Crippen LogP contribution < -0.4 is 5.32 Å². The van der Waals surface area contributed by atoms with E-state index in [2.05, 4.69) is 20.5 Å². The Morgan fingerprint density at radius 2 is 2.22 bits per heavy atom. The first-order valence-electron chi connectivity index (χ1n) is 5.31. The molecule has 0 radical (unpaired) electrons. The molecule has 0 saturated carbocycles. The second-order valence-corrected chi connectivity index (χ2v) is 3.82. The summed E-state index contributed by atoms with van der Waals surface area (Å²) in [5.41, 5.74) is 2.10. The van der Waals surface area contributed by atoms with Crippen molar-refractivity contribution in [3.63, 3.8) is 0 Å². The molecule has 0 aliphatic carbocycles. The van der Waals surface area contributed by atoms with E-state index in [1.54, 1.807) is 19.2 Å². The number of anilines is 1. The van der Waals surface area contributed by atoms with Crippen molar-refractivity contribution < 1.29 is 4.79 Å². The molecule has 0 spiro atoms. The molecule has 18 heavy (non-hydrogen) atoms. The fourth-order valence-electron chi connectivity index (χ4n) is 1.46. The lowest BCUT2D eigenvalue weighted by Gasteiger charge is -2.04. The average Bonchev–Trinajstić information content (AvgIpc) is 2.75. The molecule has 0 aliphatic heterocycles. The quantitative estimate of drug-likeness (QED) is 0.833. The van der Waals surface area contributed by atoms with Gasteiger partial charge in [0.2, 0.25) is 0 Å². The molecule has 0 atom stereocenters. The van der Waals surface area contributed by atoms with Gasteiger partial charge in [-0.1, -0.05) is 0 Å². The molecule has 2 aromatic rings. The van der Waals surface area contributed by atoms with Crippen LogP contribution in [-0.2, 0) is 0 Å². The fourth-order valence-corrected chi connectivity index (χ4v) is 1.46. The number of hydrogen-bond acceptors (Lipinski definition) is 4. The third-order valence-electron chi connectivity index (χ3n) is 2.51. The van der Waals surface area contributed by atoms with E-state index in [4.69, 9.17) is 5.26 Å². The number of aryl methyl sites for hydroxylation is 2. The smallest absolute Gasteiger partial charge is 0.275 e. The van der Waals surface area contributed by atoms with Crippen LogP contribution in [-0.4, -0.2) is 21.1 Å². The van der Waals surface area contributed by atoms with Gasteiger partial charge in [-0.3, -0.25) is 9.89 Å². The number of amides is 1. The van der Waals surface area contributed by atoms with Crippen LogP contribution in [0.3, 0.4) is 0 Å². The standard InChI is InChI=1S/C12H11N5O/c1-7-6-14-17-11(7)16-12(18)10-4-3-9(5-13)8(2)15-10/h3-4,6H,1-2H3,(H2,14,16,17,18). The maximum Gasteiger partial charge on any atom is 0.275 e. The Morgan fingerprint density at radius 1 is 1.44 bits per heavy atom. The van der Waals surface area contributed by atoms with Gasteiger partial charge in [-0.15, -0.1) is 0 Å². The van der Waals surface area contributed by atoms with Crippen molar-refractivity contribution in [2.75, 3.05) is 5.32 Å². The van der Waals surface area contributed by atoms with Crippen LogP contribution in [0, 0.1) is 25.2 Å². The minimum absolute atomic E-state index is 0.264. The summed E-state index contributed by atoms with van der Waals surface area (Å²) in [5, 5.41) is 17.9. The molecule has 2 N–H and O–H groups in total. The highest BCUT2D eigenvalue weighted by Gasteiger charge is 2.11. The fraction of sp³-hybridized carbons (Fsp3) is 0.167. The van der Waals surface area contributed by atoms with Crippen LogP contribution in [0.25, 0.3) is 0 Å². The predicted molar refractivity (Wildman–Crippen MR) is 65.0 cm³/mol. The van der Waals surface area contributed by atoms with Gasteiger partial charge in [-0.05, 0) is 26.0 Å². The molecule has 0 aromatic carbocycles. The number of carbonyl (C=O) groups excluding carboxylic acids is 1. The van der Waals surface area contributed by atoms with Gasteiger partial charge in [-0.25, -0.2) is 4.98 Å². The summed E-state index contributed by atoms with van der Waals surface area (Å²) in [4.78, 5) is 16.0. The van der Waals surface area contributed by atoms with Crippen molar-refractivity contribution in [2.24, 2.45) is 0 Å². The van der Waals surface area contributed by atoms with E-state index in [0.29, 0.717) is 17.1 Å². The molecular weight excluding hydrogens is 230 g/mol. The minimum atomic E-state index is -0.338. The van der Waals surface area contributed by atoms with Gasteiger partial charge in [0.1, 0.15) is 17.6 Å². The zero-order valence-electron chi connectivity index (χ0n) is 9.98. The van der Waals surface area contributed by atoms with Crippen molar-refractivity contribution in [3.8, 4) is 6.07 Å². The number of nitrogens with zero attached hydrogens (tertiary/aromatic N) is 3. The molecule has 0 unspecified atom stereocenters. The largest absolute Gasteiger partial charge is 0.305 e. The summed E-state index contributed by atoms with van der Waals surface area (Å²) in [5.74, 6) is 0.207. The monoisotopic (exact) mass is 241 g/mol. The lowest BCUT2D eigenvalue weighted by atomic mass is 10.2. The van der Waals surface area contributed by atoms with Gasteiger partial charge in [0, 0.05) is 5.56 Å². The van der Waals surface area contributed by atoms with Crippen molar-refractivity contribution in [1.82, 2.24) is 15.2 Å². The highest BCUT2D eigenvalue weighted by molar-refractivity contribution is 6.02. The van der Waals surface area contributed by atoms with Crippen LogP contribution in [0.1, 0.15) is 27.3 Å². The molecule has 90 valence electrons. The molecule has 2 heterocycles. The molecule has 1 amide bonds. The first-order valence-corrected chi connectivity index (χ1v) is 5.31. The maximum absolute atomic E-state index is 11.9. The number of nitrogens with one attached hydrogen (secondary N) is 2. The molecule has 2 rings (SSSR count). The van der Waals surface area contributed by atoms with Crippen LogP contribution in [0.2, 0.25) is 0 Å². The van der Waals surface area contributed by atoms with E-state index in [0.717, 1.165) is 5.56 Å². The number of carbonyl (C=O) groups is 1. The summed E-state index contributed by atoms with van der Waals surface area (Å²) in [7, 11) is 0. The highest BCUT2D eigenvalue weighted by Crippen LogP contribution is 2.11. The normalized spacial score (nSPS) is 9.83. The highest BCUT2D eigenvalue weighted by atomic mass is 16.1. The van der Waals surface area contributed by atoms with E-state index >= 15 is 0 Å². The Bertz CT molecular complexity index is 638. The number of nitriles is 1. The SMILES string of the molecule is Cc1cn[nH]c1NC(=O)c1ccc(C#N)c(C)n1. The summed E-state index contributed by atoms with van der Waals surface area (Å²) in [6.45, 7) is 3.52. The Labute approximate surface area is 104 Å². The van der Waals surface area contributed by atoms with Crippen LogP contribution in [0.5, 0.6) is 0 Å². The molecule has 2 aromatic heterocycles. The van der Waals surface area contributed by atoms with Crippen molar-refractivity contribution >= 4 is 11.7 Å². The molecular formula is C12H11N5O. The lowest BCUT2D eigenvalue weighted by molar-refractivity contribution is 0.102. The first-order chi connectivity index (χ1) is 8.61. The summed E-state index contributed by atoms with van der Waals surface area (Å²) >= 11 is 0. The average molecular weight is 241 g/mol. The third kappa shape index (κ3) is 2.20. The number of H-pyrrole nitrogens is 1. The van der Waals surface area contributed by atoms with Crippen LogP contribution in [0.15, 0.2) is 18.3 Å². The van der Waals surface area contributed by atoms with Crippen molar-refractivity contribution in [2.45, 2.75) is 13.8 Å². The number of aromatic nitrogens is 3. The zero-order valence-corrected chi connectivity index (χ0v) is 9.98. The number of hydrogen-bond donors (Lipinski definition) is 2. The Morgan fingerprint density at radius 3 is 2.78 bits per heavy atom. The Kier molecular flexibility index (Phi) is 3.06. The number of rotatable bonds is 2. The van der Waals surface area contributed by atoms with E-state index in [1.165, 1.54) is 6.07 Å². The van der Waals surface area contributed by atoms with E-state index in [9.17, 15) is 4.79 Å². The van der Waals surface area contributed by atoms with Gasteiger partial charge in [0.05, 0.1) is 17.5 Å². The molecule has 6 heteroatoms. The van der Waals surface area contributed by atoms with Crippen LogP contribution >= 0.6 is 0 Å². The molecule has 6 nitrogen and oxygen atoms in total. The van der Waals surface area contributed by atoms with Gasteiger partial charge >= 0.3 is 0 Å². The Hall–Kier alpha value is -2.68. The predicted octanol–water partition coefficient (Wildman–Crippen LogP) is 1.55. The van der Waals surface area contributed by atoms with Crippen molar-refractivity contribution in [1.29, 1.82) is 5.26 Å². The summed E-state index contributed by atoms with van der Waals surface area (Å²) in [6.07, 6.45) is 1.62. The second kappa shape index (κ2) is 4.67. The van der Waals surface area contributed by atoms with E-state index in [-0.39, 0.29) is 11.6 Å². The second-order valence-electron chi connectivity index (χ2n) is 3.82. The minimum Gasteiger partial charge on any atom is -0.305 e. The lowest BCUT2D eigenvalue weighted by Crippen LogP contribution is -2.15. The van der Waals surface area contributed by atoms with Gasteiger partial charge < -0.3 is 5.32 Å². The van der Waals surface area contributed by atoms with Gasteiger partial charge in [0.25, 0.3) is 5.91 Å². The maximum atomic E-state index is 11.9. The van der Waals surface area contributed by atoms with Gasteiger partial charge in [-0.2, -0.15) is 10.4 Å². The Balaban J connectivity index is 2.23. The van der Waals surface area contributed by atoms with E-state index < -0.39 is 0 Å². The summed E-state index contributed by atoms with van der Waals surface area (Å²) in [6, 6.07) is 5.11. The first kappa shape index (κ1) is 11.8. The van der Waals surface area contributed by atoms with Crippen LogP contribution in [0.4, 0.5) is 5.82 Å². The molecule has 0 bridgehead atoms. The topological polar surface area (TPSA) is 94.5 Å². The summed E-state index contributed by atoms with van der Waals surface area (Å²) < 4.78 is 0. The van der Waals surface area contributed by atoms with E-state index in [1.807, 2.05) is 13.0 Å². The number of pyridine rings is 1. The third-order valence-corrected chi connectivity index (χ3v) is 2.51. The zero-order chi connectivity index (χ0) is 13.1.